The first-order valence-corrected chi connectivity index (χ1v) is 9.15. The average molecular weight is 409 g/mol. The summed E-state index contributed by atoms with van der Waals surface area (Å²) in [5, 5.41) is 0. The Hall–Kier alpha value is -2.74. The van der Waals surface area contributed by atoms with Gasteiger partial charge in [0.05, 0.1) is 12.5 Å². The second kappa shape index (κ2) is 9.17. The van der Waals surface area contributed by atoms with Crippen molar-refractivity contribution < 1.29 is 32.2 Å². The molecule has 2 aromatic rings. The van der Waals surface area contributed by atoms with E-state index in [9.17, 15) is 18.0 Å². The molecule has 0 bridgehead atoms. The van der Waals surface area contributed by atoms with E-state index in [0.29, 0.717) is 11.5 Å². The van der Waals surface area contributed by atoms with Crippen molar-refractivity contribution in [3.05, 3.63) is 59.7 Å². The van der Waals surface area contributed by atoms with E-state index in [2.05, 4.69) is 0 Å². The molecule has 29 heavy (non-hydrogen) atoms. The summed E-state index contributed by atoms with van der Waals surface area (Å²) in [6, 6.07) is 12.7. The third kappa shape index (κ3) is 5.41. The second-order valence-electron chi connectivity index (χ2n) is 6.70. The molecule has 1 aliphatic rings. The number of amides is 1. The van der Waals surface area contributed by atoms with Crippen LogP contribution in [0.25, 0.3) is 0 Å². The highest BCUT2D eigenvalue weighted by atomic mass is 19.4. The number of alkyl halides is 3. The number of hydrogen-bond acceptors (Lipinski definition) is 4. The first-order valence-electron chi connectivity index (χ1n) is 9.15. The van der Waals surface area contributed by atoms with Crippen molar-refractivity contribution in [2.24, 2.45) is 0 Å². The maximum Gasteiger partial charge on any atom is 0.396 e. The van der Waals surface area contributed by atoms with Crippen LogP contribution in [0.1, 0.15) is 23.5 Å². The van der Waals surface area contributed by atoms with E-state index in [1.807, 2.05) is 0 Å². The third-order valence-corrected chi connectivity index (χ3v) is 4.70. The summed E-state index contributed by atoms with van der Waals surface area (Å²) >= 11 is 0. The smallest absolute Gasteiger partial charge is 0.396 e. The zero-order chi connectivity index (χ0) is 20.9. The van der Waals surface area contributed by atoms with Crippen LogP contribution in [-0.4, -0.2) is 44.0 Å². The van der Waals surface area contributed by atoms with Crippen molar-refractivity contribution in [1.82, 2.24) is 4.90 Å². The Morgan fingerprint density at radius 1 is 1.14 bits per heavy atom. The molecule has 0 saturated carbocycles. The Morgan fingerprint density at radius 2 is 1.86 bits per heavy atom. The molecule has 1 atom stereocenters. The molecule has 1 unspecified atom stereocenters. The lowest BCUT2D eigenvalue weighted by molar-refractivity contribution is -0.161. The minimum Gasteiger partial charge on any atom is -0.454 e. The molecule has 1 amide bonds. The summed E-state index contributed by atoms with van der Waals surface area (Å²) in [5.74, 6) is -1.30. The zero-order valence-electron chi connectivity index (χ0n) is 15.9. The molecule has 0 radical (unpaired) electrons. The Kier molecular flexibility index (Phi) is 6.64. The highest BCUT2D eigenvalue weighted by Gasteiger charge is 2.42. The minimum atomic E-state index is -4.53. The number of benzene rings is 2. The van der Waals surface area contributed by atoms with E-state index < -0.39 is 24.4 Å². The monoisotopic (exact) mass is 409 g/mol. The molecule has 156 valence electrons. The SMILES string of the molecule is COCCN(Cc1ccc2c(c1)OCO2)C(=O)CC(c1ccccc1)C(F)(F)F. The second-order valence-corrected chi connectivity index (χ2v) is 6.70. The van der Waals surface area contributed by atoms with Gasteiger partial charge in [-0.2, -0.15) is 13.2 Å². The molecule has 5 nitrogen and oxygen atoms in total. The van der Waals surface area contributed by atoms with Gasteiger partial charge in [-0.3, -0.25) is 4.79 Å². The molecule has 3 rings (SSSR count). The van der Waals surface area contributed by atoms with Crippen LogP contribution in [0.5, 0.6) is 11.5 Å². The van der Waals surface area contributed by atoms with Crippen LogP contribution in [0.3, 0.4) is 0 Å². The van der Waals surface area contributed by atoms with Gasteiger partial charge in [-0.1, -0.05) is 36.4 Å². The fraction of sp³-hybridized carbons (Fsp3) is 0.381. The molecular formula is C21H22F3NO4. The molecule has 0 N–H and O–H groups in total. The lowest BCUT2D eigenvalue weighted by Crippen LogP contribution is -2.36. The molecule has 1 aliphatic heterocycles. The first-order chi connectivity index (χ1) is 13.9. The predicted molar refractivity (Wildman–Crippen MR) is 99.7 cm³/mol. The summed E-state index contributed by atoms with van der Waals surface area (Å²) < 4.78 is 56.5. The number of fused-ring (bicyclic) bond motifs is 1. The lowest BCUT2D eigenvalue weighted by atomic mass is 9.94. The van der Waals surface area contributed by atoms with Crippen molar-refractivity contribution in [3.63, 3.8) is 0 Å². The number of carbonyl (C=O) groups excluding carboxylic acids is 1. The summed E-state index contributed by atoms with van der Waals surface area (Å²) in [5.41, 5.74) is 0.810. The van der Waals surface area contributed by atoms with Crippen LogP contribution >= 0.6 is 0 Å². The van der Waals surface area contributed by atoms with Crippen LogP contribution in [0.4, 0.5) is 13.2 Å². The van der Waals surface area contributed by atoms with Gasteiger partial charge < -0.3 is 19.1 Å². The molecule has 8 heteroatoms. The average Bonchev–Trinajstić information content (AvgIpc) is 3.16. The minimum absolute atomic E-state index is 0.0723. The maximum absolute atomic E-state index is 13.6. The third-order valence-electron chi connectivity index (χ3n) is 4.70. The number of carbonyl (C=O) groups is 1. The van der Waals surface area contributed by atoms with Crippen molar-refractivity contribution in [1.29, 1.82) is 0 Å². The molecule has 0 spiro atoms. The van der Waals surface area contributed by atoms with E-state index in [1.165, 1.54) is 36.3 Å². The number of rotatable bonds is 8. The van der Waals surface area contributed by atoms with Crippen LogP contribution < -0.4 is 9.47 Å². The standard InChI is InChI=1S/C21H22F3NO4/c1-27-10-9-25(13-15-7-8-18-19(11-15)29-14-28-18)20(26)12-17(21(22,23)24)16-5-3-2-4-6-16/h2-8,11,17H,9-10,12-14H2,1H3. The van der Waals surface area contributed by atoms with Crippen LogP contribution in [0, 0.1) is 0 Å². The van der Waals surface area contributed by atoms with Crippen molar-refractivity contribution in [2.75, 3.05) is 27.1 Å². The summed E-state index contributed by atoms with van der Waals surface area (Å²) in [6.07, 6.45) is -5.19. The predicted octanol–water partition coefficient (Wildman–Crippen LogP) is 4.13. The Labute approximate surface area is 167 Å². The number of hydrogen-bond donors (Lipinski definition) is 0. The molecule has 2 aromatic carbocycles. The summed E-state index contributed by atoms with van der Waals surface area (Å²) in [4.78, 5) is 14.2. The quantitative estimate of drug-likeness (QED) is 0.658. The number of ether oxygens (including phenoxy) is 3. The van der Waals surface area contributed by atoms with E-state index in [0.717, 1.165) is 5.56 Å². The maximum atomic E-state index is 13.6. The van der Waals surface area contributed by atoms with Gasteiger partial charge in [-0.25, -0.2) is 0 Å². The summed E-state index contributed by atoms with van der Waals surface area (Å²) in [7, 11) is 1.48. The molecule has 1 heterocycles. The van der Waals surface area contributed by atoms with E-state index >= 15 is 0 Å². The highest BCUT2D eigenvalue weighted by Crippen LogP contribution is 2.38. The van der Waals surface area contributed by atoms with Gasteiger partial charge in [-0.15, -0.1) is 0 Å². The normalized spacial score (nSPS) is 13.9. The lowest BCUT2D eigenvalue weighted by Gasteiger charge is -2.26. The number of methoxy groups -OCH3 is 1. The first kappa shape index (κ1) is 21.0. The van der Waals surface area contributed by atoms with Crippen LogP contribution in [0.2, 0.25) is 0 Å². The van der Waals surface area contributed by atoms with E-state index in [-0.39, 0.29) is 32.1 Å². The fourth-order valence-electron chi connectivity index (χ4n) is 3.16. The Bertz CT molecular complexity index is 826. The van der Waals surface area contributed by atoms with Gasteiger partial charge in [0.1, 0.15) is 0 Å². The molecular weight excluding hydrogens is 387 g/mol. The number of nitrogens with zero attached hydrogens (tertiary/aromatic N) is 1. The van der Waals surface area contributed by atoms with Gasteiger partial charge >= 0.3 is 6.18 Å². The van der Waals surface area contributed by atoms with Crippen molar-refractivity contribution >= 4 is 5.91 Å². The van der Waals surface area contributed by atoms with E-state index in [4.69, 9.17) is 14.2 Å². The Balaban J connectivity index is 1.77. The zero-order valence-corrected chi connectivity index (χ0v) is 15.9. The fourth-order valence-corrected chi connectivity index (χ4v) is 3.16. The van der Waals surface area contributed by atoms with Crippen molar-refractivity contribution in [3.8, 4) is 11.5 Å². The van der Waals surface area contributed by atoms with Crippen LogP contribution in [-0.2, 0) is 16.1 Å². The van der Waals surface area contributed by atoms with Gasteiger partial charge in [0.25, 0.3) is 0 Å². The Morgan fingerprint density at radius 3 is 2.55 bits per heavy atom. The molecule has 0 aliphatic carbocycles. The van der Waals surface area contributed by atoms with Gasteiger partial charge in [0.15, 0.2) is 11.5 Å². The molecule has 0 fully saturated rings. The van der Waals surface area contributed by atoms with Gasteiger partial charge in [0.2, 0.25) is 12.7 Å². The number of halogens is 3. The van der Waals surface area contributed by atoms with Crippen LogP contribution in [0.15, 0.2) is 48.5 Å². The topological polar surface area (TPSA) is 48.0 Å². The van der Waals surface area contributed by atoms with E-state index in [1.54, 1.807) is 24.3 Å². The molecule has 0 aromatic heterocycles. The van der Waals surface area contributed by atoms with Gasteiger partial charge in [-0.05, 0) is 23.3 Å². The summed E-state index contributed by atoms with van der Waals surface area (Å²) in [6.45, 7) is 0.676. The highest BCUT2D eigenvalue weighted by molar-refractivity contribution is 5.77. The van der Waals surface area contributed by atoms with Crippen molar-refractivity contribution in [2.45, 2.75) is 25.1 Å². The largest absolute Gasteiger partial charge is 0.454 e. The molecule has 0 saturated heterocycles. The van der Waals surface area contributed by atoms with Gasteiger partial charge in [0, 0.05) is 26.6 Å².